The van der Waals surface area contributed by atoms with E-state index in [2.05, 4.69) is 5.32 Å². The van der Waals surface area contributed by atoms with E-state index in [1.54, 1.807) is 0 Å². The van der Waals surface area contributed by atoms with Crippen LogP contribution in [0.2, 0.25) is 0 Å². The molecule has 1 saturated heterocycles. The van der Waals surface area contributed by atoms with Crippen LogP contribution in [-0.2, 0) is 21.2 Å². The van der Waals surface area contributed by atoms with E-state index in [1.165, 1.54) is 4.31 Å². The van der Waals surface area contributed by atoms with Gasteiger partial charge in [0, 0.05) is 18.8 Å². The highest BCUT2D eigenvalue weighted by molar-refractivity contribution is 7.89. The van der Waals surface area contributed by atoms with Gasteiger partial charge in [0.15, 0.2) is 0 Å². The molecule has 1 N–H and O–H groups in total. The summed E-state index contributed by atoms with van der Waals surface area (Å²) in [5.74, 6) is -0.288. The minimum absolute atomic E-state index is 0.0986. The molecule has 1 aliphatic heterocycles. The second-order valence-corrected chi connectivity index (χ2v) is 9.49. The molecule has 1 amide bonds. The summed E-state index contributed by atoms with van der Waals surface area (Å²) in [6.45, 7) is 2.72. The first-order valence-electron chi connectivity index (χ1n) is 9.84. The van der Waals surface area contributed by atoms with Gasteiger partial charge in [0.25, 0.3) is 0 Å². The van der Waals surface area contributed by atoms with E-state index in [1.807, 2.05) is 61.5 Å². The Balaban J connectivity index is 1.55. The standard InChI is InChI=1S/C22H28N2O3S/c1-18-9-5-6-14-21(18)23-22(25)20-13-7-15-24(17-20)28(26,27)16-8-12-19-10-3-2-4-11-19/h2-6,9-11,14,20H,7-8,12-13,15-17H2,1H3,(H,23,25)/t20-/m0/s1. The molecule has 28 heavy (non-hydrogen) atoms. The number of carbonyl (C=O) groups is 1. The van der Waals surface area contributed by atoms with Crippen LogP contribution in [0.3, 0.4) is 0 Å². The first-order chi connectivity index (χ1) is 13.5. The quantitative estimate of drug-likeness (QED) is 0.772. The highest BCUT2D eigenvalue weighted by Gasteiger charge is 2.32. The van der Waals surface area contributed by atoms with Crippen molar-refractivity contribution in [2.75, 3.05) is 24.2 Å². The van der Waals surface area contributed by atoms with E-state index in [4.69, 9.17) is 0 Å². The summed E-state index contributed by atoms with van der Waals surface area (Å²) < 4.78 is 27.0. The van der Waals surface area contributed by atoms with Crippen LogP contribution in [0.1, 0.15) is 30.4 Å². The topological polar surface area (TPSA) is 66.5 Å². The number of carbonyl (C=O) groups excluding carboxylic acids is 1. The molecule has 3 rings (SSSR count). The molecule has 1 aliphatic rings. The molecular formula is C22H28N2O3S. The molecule has 0 aliphatic carbocycles. The number of para-hydroxylation sites is 1. The maximum absolute atomic E-state index is 12.8. The highest BCUT2D eigenvalue weighted by Crippen LogP contribution is 2.23. The highest BCUT2D eigenvalue weighted by atomic mass is 32.2. The summed E-state index contributed by atoms with van der Waals surface area (Å²) >= 11 is 0. The van der Waals surface area contributed by atoms with Gasteiger partial charge in [-0.1, -0.05) is 48.5 Å². The zero-order valence-electron chi connectivity index (χ0n) is 16.3. The Labute approximate surface area is 167 Å². The number of hydrogen-bond donors (Lipinski definition) is 1. The van der Waals surface area contributed by atoms with Crippen molar-refractivity contribution in [3.63, 3.8) is 0 Å². The predicted octanol–water partition coefficient (Wildman–Crippen LogP) is 3.61. The third-order valence-electron chi connectivity index (χ3n) is 5.26. The number of benzene rings is 2. The number of aryl methyl sites for hydroxylation is 2. The zero-order valence-corrected chi connectivity index (χ0v) is 17.1. The molecular weight excluding hydrogens is 372 g/mol. The fourth-order valence-electron chi connectivity index (χ4n) is 3.59. The van der Waals surface area contributed by atoms with Gasteiger partial charge in [-0.2, -0.15) is 0 Å². The SMILES string of the molecule is Cc1ccccc1NC(=O)[C@H]1CCCN(S(=O)(=O)CCCc2ccccc2)C1. The lowest BCUT2D eigenvalue weighted by molar-refractivity contribution is -0.120. The molecule has 0 spiro atoms. The van der Waals surface area contributed by atoms with Crippen LogP contribution >= 0.6 is 0 Å². The number of nitrogens with one attached hydrogen (secondary N) is 1. The molecule has 2 aromatic rings. The third-order valence-corrected chi connectivity index (χ3v) is 7.18. The molecule has 0 unspecified atom stereocenters. The lowest BCUT2D eigenvalue weighted by Crippen LogP contribution is -2.44. The van der Waals surface area contributed by atoms with E-state index in [9.17, 15) is 13.2 Å². The van der Waals surface area contributed by atoms with Gasteiger partial charge in [-0.25, -0.2) is 12.7 Å². The minimum atomic E-state index is -3.35. The van der Waals surface area contributed by atoms with Gasteiger partial charge in [-0.15, -0.1) is 0 Å². The summed E-state index contributed by atoms with van der Waals surface area (Å²) in [7, 11) is -3.35. The lowest BCUT2D eigenvalue weighted by Gasteiger charge is -2.31. The number of amides is 1. The fraction of sp³-hybridized carbons (Fsp3) is 0.409. The van der Waals surface area contributed by atoms with Crippen molar-refractivity contribution in [1.29, 1.82) is 0 Å². The van der Waals surface area contributed by atoms with Crippen LogP contribution in [-0.4, -0.2) is 37.5 Å². The summed E-state index contributed by atoms with van der Waals surface area (Å²) in [6, 6.07) is 17.5. The van der Waals surface area contributed by atoms with Crippen LogP contribution in [0.15, 0.2) is 54.6 Å². The Morgan fingerprint density at radius 2 is 1.82 bits per heavy atom. The minimum Gasteiger partial charge on any atom is -0.326 e. The number of sulfonamides is 1. The first-order valence-corrected chi connectivity index (χ1v) is 11.4. The molecule has 2 aromatic carbocycles. The van der Waals surface area contributed by atoms with Crippen LogP contribution in [0.5, 0.6) is 0 Å². The van der Waals surface area contributed by atoms with Gasteiger partial charge in [-0.3, -0.25) is 4.79 Å². The van der Waals surface area contributed by atoms with Gasteiger partial charge in [0.05, 0.1) is 11.7 Å². The van der Waals surface area contributed by atoms with Crippen LogP contribution in [0.4, 0.5) is 5.69 Å². The fourth-order valence-corrected chi connectivity index (χ4v) is 5.17. The Bertz CT molecular complexity index is 897. The lowest BCUT2D eigenvalue weighted by atomic mass is 9.98. The van der Waals surface area contributed by atoms with Crippen molar-refractivity contribution >= 4 is 21.6 Å². The van der Waals surface area contributed by atoms with Gasteiger partial charge >= 0.3 is 0 Å². The molecule has 5 nitrogen and oxygen atoms in total. The maximum atomic E-state index is 12.8. The molecule has 0 bridgehead atoms. The summed E-state index contributed by atoms with van der Waals surface area (Å²) in [5, 5.41) is 2.96. The molecule has 6 heteroatoms. The maximum Gasteiger partial charge on any atom is 0.228 e. The predicted molar refractivity (Wildman–Crippen MR) is 113 cm³/mol. The monoisotopic (exact) mass is 400 g/mol. The van der Waals surface area contributed by atoms with Gasteiger partial charge < -0.3 is 5.32 Å². The second kappa shape index (κ2) is 9.34. The van der Waals surface area contributed by atoms with Crippen molar-refractivity contribution in [3.8, 4) is 0 Å². The molecule has 1 fully saturated rings. The zero-order chi connectivity index (χ0) is 20.0. The van der Waals surface area contributed by atoms with Gasteiger partial charge in [-0.05, 0) is 49.8 Å². The largest absolute Gasteiger partial charge is 0.326 e. The number of rotatable bonds is 7. The smallest absolute Gasteiger partial charge is 0.228 e. The van der Waals surface area contributed by atoms with Crippen LogP contribution in [0, 0.1) is 12.8 Å². The summed E-state index contributed by atoms with van der Waals surface area (Å²) in [4.78, 5) is 12.7. The molecule has 1 heterocycles. The number of piperidine rings is 1. The molecule has 0 saturated carbocycles. The summed E-state index contributed by atoms with van der Waals surface area (Å²) in [6.07, 6.45) is 2.76. The molecule has 0 aromatic heterocycles. The van der Waals surface area contributed by atoms with Crippen molar-refractivity contribution in [3.05, 3.63) is 65.7 Å². The van der Waals surface area contributed by atoms with Crippen molar-refractivity contribution in [2.45, 2.75) is 32.6 Å². The Morgan fingerprint density at radius 3 is 2.57 bits per heavy atom. The van der Waals surface area contributed by atoms with E-state index in [-0.39, 0.29) is 24.1 Å². The third kappa shape index (κ3) is 5.42. The number of nitrogens with zero attached hydrogens (tertiary/aromatic N) is 1. The average Bonchev–Trinajstić information content (AvgIpc) is 2.70. The van der Waals surface area contributed by atoms with E-state index in [0.717, 1.165) is 23.2 Å². The van der Waals surface area contributed by atoms with Crippen LogP contribution in [0.25, 0.3) is 0 Å². The van der Waals surface area contributed by atoms with Crippen molar-refractivity contribution in [2.24, 2.45) is 5.92 Å². The summed E-state index contributed by atoms with van der Waals surface area (Å²) in [5.41, 5.74) is 2.93. The van der Waals surface area contributed by atoms with Crippen molar-refractivity contribution in [1.82, 2.24) is 4.31 Å². The van der Waals surface area contributed by atoms with E-state index >= 15 is 0 Å². The van der Waals surface area contributed by atoms with E-state index in [0.29, 0.717) is 25.8 Å². The van der Waals surface area contributed by atoms with Gasteiger partial charge in [0.1, 0.15) is 0 Å². The molecule has 1 atom stereocenters. The second-order valence-electron chi connectivity index (χ2n) is 7.41. The van der Waals surface area contributed by atoms with Crippen LogP contribution < -0.4 is 5.32 Å². The molecule has 150 valence electrons. The van der Waals surface area contributed by atoms with Crippen molar-refractivity contribution < 1.29 is 13.2 Å². The Hall–Kier alpha value is -2.18. The molecule has 0 radical (unpaired) electrons. The average molecular weight is 401 g/mol. The number of anilines is 1. The first kappa shape index (κ1) is 20.6. The van der Waals surface area contributed by atoms with E-state index < -0.39 is 10.0 Å². The normalized spacial score (nSPS) is 18.0. The number of hydrogen-bond acceptors (Lipinski definition) is 3. The Kier molecular flexibility index (Phi) is 6.86. The Morgan fingerprint density at radius 1 is 1.11 bits per heavy atom. The van der Waals surface area contributed by atoms with Gasteiger partial charge in [0.2, 0.25) is 15.9 Å².